The van der Waals surface area contributed by atoms with Gasteiger partial charge in [-0.25, -0.2) is 9.37 Å². The van der Waals surface area contributed by atoms with E-state index < -0.39 is 6.67 Å². The number of halogens is 1. The van der Waals surface area contributed by atoms with Gasteiger partial charge >= 0.3 is 0 Å². The number of nitrogens with one attached hydrogen (secondary N) is 1. The highest BCUT2D eigenvalue weighted by Crippen LogP contribution is 2.02. The lowest BCUT2D eigenvalue weighted by Gasteiger charge is -1.79. The zero-order chi connectivity index (χ0) is 5.98. The molecule has 0 aliphatic heterocycles. The molecular formula is C4H5FN2O. The van der Waals surface area contributed by atoms with Crippen LogP contribution in [0.4, 0.5) is 4.39 Å². The summed E-state index contributed by atoms with van der Waals surface area (Å²) in [7, 11) is 0. The van der Waals surface area contributed by atoms with E-state index >= 15 is 0 Å². The quantitative estimate of drug-likeness (QED) is 0.564. The predicted octanol–water partition coefficient (Wildman–Crippen LogP) is 0.585. The molecule has 0 aliphatic rings. The first-order chi connectivity index (χ1) is 3.83. The Morgan fingerprint density at radius 3 is 2.88 bits per heavy atom. The fourth-order valence-corrected chi connectivity index (χ4v) is 0.419. The molecule has 3 nitrogen and oxygen atoms in total. The van der Waals surface area contributed by atoms with Crippen molar-refractivity contribution in [3.05, 3.63) is 12.0 Å². The van der Waals surface area contributed by atoms with Gasteiger partial charge < -0.3 is 10.1 Å². The molecule has 0 spiro atoms. The van der Waals surface area contributed by atoms with Crippen LogP contribution in [0.2, 0.25) is 0 Å². The number of alkyl halides is 1. The van der Waals surface area contributed by atoms with E-state index in [1.165, 1.54) is 0 Å². The van der Waals surface area contributed by atoms with Crippen LogP contribution in [0.15, 0.2) is 6.20 Å². The van der Waals surface area contributed by atoms with Gasteiger partial charge in [0.1, 0.15) is 12.5 Å². The highest BCUT2D eigenvalue weighted by molar-refractivity contribution is 5.03. The first-order valence-electron chi connectivity index (χ1n) is 2.11. The van der Waals surface area contributed by atoms with Crippen molar-refractivity contribution >= 4 is 0 Å². The van der Waals surface area contributed by atoms with Crippen LogP contribution in [-0.4, -0.2) is 15.1 Å². The highest BCUT2D eigenvalue weighted by Gasteiger charge is 1.93. The maximum atomic E-state index is 11.5. The Kier molecular flexibility index (Phi) is 1.15. The van der Waals surface area contributed by atoms with Crippen LogP contribution in [-0.2, 0) is 6.67 Å². The molecule has 0 bridgehead atoms. The van der Waals surface area contributed by atoms with Gasteiger partial charge in [0.2, 0.25) is 5.88 Å². The third-order valence-corrected chi connectivity index (χ3v) is 0.742. The van der Waals surface area contributed by atoms with Crippen LogP contribution >= 0.6 is 0 Å². The molecule has 0 aliphatic carbocycles. The lowest BCUT2D eigenvalue weighted by Crippen LogP contribution is -1.77. The summed E-state index contributed by atoms with van der Waals surface area (Å²) in [5.74, 6) is 0.0557. The third-order valence-electron chi connectivity index (χ3n) is 0.742. The molecule has 1 aromatic heterocycles. The minimum atomic E-state index is -0.666. The summed E-state index contributed by atoms with van der Waals surface area (Å²) in [4.78, 5) is 5.75. The molecule has 0 atom stereocenters. The topological polar surface area (TPSA) is 48.9 Å². The van der Waals surface area contributed by atoms with Crippen LogP contribution in [0.5, 0.6) is 5.88 Å². The van der Waals surface area contributed by atoms with Crippen molar-refractivity contribution in [2.24, 2.45) is 0 Å². The smallest absolute Gasteiger partial charge is 0.208 e. The minimum Gasteiger partial charge on any atom is -0.493 e. The SMILES string of the molecule is Oc1cnc(CF)[nH]1. The Hall–Kier alpha value is -1.06. The normalized spacial score (nSPS) is 9.62. The predicted molar refractivity (Wildman–Crippen MR) is 25.1 cm³/mol. The van der Waals surface area contributed by atoms with Crippen LogP contribution in [0, 0.1) is 0 Å². The standard InChI is InChI=1S/C4H5FN2O/c5-1-3-6-2-4(8)7-3/h2,8H,1H2,(H,6,7). The van der Waals surface area contributed by atoms with E-state index in [0.29, 0.717) is 0 Å². The third kappa shape index (κ3) is 0.776. The Bertz CT molecular complexity index is 174. The minimum absolute atomic E-state index is 0.0994. The number of hydrogen-bond acceptors (Lipinski definition) is 2. The van der Waals surface area contributed by atoms with E-state index in [4.69, 9.17) is 5.11 Å². The Morgan fingerprint density at radius 2 is 2.62 bits per heavy atom. The molecular weight excluding hydrogens is 111 g/mol. The summed E-state index contributed by atoms with van der Waals surface area (Å²) in [5.41, 5.74) is 0. The monoisotopic (exact) mass is 116 g/mol. The van der Waals surface area contributed by atoms with Gasteiger partial charge in [0.15, 0.2) is 0 Å². The molecule has 44 valence electrons. The molecule has 0 radical (unpaired) electrons. The second-order valence-electron chi connectivity index (χ2n) is 1.35. The zero-order valence-electron chi connectivity index (χ0n) is 4.06. The van der Waals surface area contributed by atoms with Crippen LogP contribution < -0.4 is 0 Å². The molecule has 2 N–H and O–H groups in total. The number of H-pyrrole nitrogens is 1. The molecule has 0 saturated carbocycles. The van der Waals surface area contributed by atoms with Crippen LogP contribution in [0.3, 0.4) is 0 Å². The van der Waals surface area contributed by atoms with Gasteiger partial charge in [-0.3, -0.25) is 0 Å². The summed E-state index contributed by atoms with van der Waals surface area (Å²) in [5, 5.41) is 8.50. The lowest BCUT2D eigenvalue weighted by atomic mass is 10.7. The summed E-state index contributed by atoms with van der Waals surface area (Å²) >= 11 is 0. The summed E-state index contributed by atoms with van der Waals surface area (Å²) < 4.78 is 11.5. The number of hydrogen-bond donors (Lipinski definition) is 2. The van der Waals surface area contributed by atoms with E-state index in [1.807, 2.05) is 0 Å². The molecule has 8 heavy (non-hydrogen) atoms. The van der Waals surface area contributed by atoms with Gasteiger partial charge in [-0.05, 0) is 0 Å². The van der Waals surface area contributed by atoms with Crippen LogP contribution in [0.1, 0.15) is 5.82 Å². The van der Waals surface area contributed by atoms with Crippen molar-refractivity contribution in [2.45, 2.75) is 6.67 Å². The molecule has 1 aromatic rings. The number of aromatic amines is 1. The number of nitrogens with zero attached hydrogens (tertiary/aromatic N) is 1. The molecule has 0 aromatic carbocycles. The number of aromatic nitrogens is 2. The number of imidazole rings is 1. The van der Waals surface area contributed by atoms with Gasteiger partial charge in [0.25, 0.3) is 0 Å². The van der Waals surface area contributed by atoms with Crippen LogP contribution in [0.25, 0.3) is 0 Å². The lowest BCUT2D eigenvalue weighted by molar-refractivity contribution is 0.442. The molecule has 0 amide bonds. The van der Waals surface area contributed by atoms with Gasteiger partial charge in [0, 0.05) is 0 Å². The first kappa shape index (κ1) is 5.08. The van der Waals surface area contributed by atoms with Gasteiger partial charge in [-0.2, -0.15) is 0 Å². The average molecular weight is 116 g/mol. The van der Waals surface area contributed by atoms with Crippen molar-refractivity contribution in [1.82, 2.24) is 9.97 Å². The second kappa shape index (κ2) is 1.81. The van der Waals surface area contributed by atoms with Crippen molar-refractivity contribution in [3.8, 4) is 5.88 Å². The first-order valence-corrected chi connectivity index (χ1v) is 2.11. The van der Waals surface area contributed by atoms with Crippen molar-refractivity contribution in [2.75, 3.05) is 0 Å². The second-order valence-corrected chi connectivity index (χ2v) is 1.35. The maximum absolute atomic E-state index is 11.5. The highest BCUT2D eigenvalue weighted by atomic mass is 19.1. The largest absolute Gasteiger partial charge is 0.493 e. The van der Waals surface area contributed by atoms with Crippen molar-refractivity contribution in [3.63, 3.8) is 0 Å². The Labute approximate surface area is 45.2 Å². The Balaban J connectivity index is 2.84. The number of aromatic hydroxyl groups is 1. The van der Waals surface area contributed by atoms with Crippen molar-refractivity contribution < 1.29 is 9.50 Å². The van der Waals surface area contributed by atoms with Gasteiger partial charge in [0.05, 0.1) is 6.20 Å². The van der Waals surface area contributed by atoms with Crippen molar-refractivity contribution in [1.29, 1.82) is 0 Å². The molecule has 1 heterocycles. The van der Waals surface area contributed by atoms with E-state index in [0.717, 1.165) is 6.20 Å². The zero-order valence-corrected chi connectivity index (χ0v) is 4.06. The summed E-state index contributed by atoms with van der Waals surface area (Å²) in [6.07, 6.45) is 1.16. The van der Waals surface area contributed by atoms with E-state index in [1.54, 1.807) is 0 Å². The van der Waals surface area contributed by atoms with E-state index in [-0.39, 0.29) is 11.7 Å². The molecule has 4 heteroatoms. The number of rotatable bonds is 1. The summed E-state index contributed by atoms with van der Waals surface area (Å²) in [6.45, 7) is -0.666. The van der Waals surface area contributed by atoms with Gasteiger partial charge in [-0.15, -0.1) is 0 Å². The van der Waals surface area contributed by atoms with Gasteiger partial charge in [-0.1, -0.05) is 0 Å². The fraction of sp³-hybridized carbons (Fsp3) is 0.250. The molecule has 0 unspecified atom stereocenters. The Morgan fingerprint density at radius 1 is 1.88 bits per heavy atom. The summed E-state index contributed by atoms with van der Waals surface area (Å²) in [6, 6.07) is 0. The maximum Gasteiger partial charge on any atom is 0.208 e. The molecule has 0 saturated heterocycles. The molecule has 0 fully saturated rings. The fourth-order valence-electron chi connectivity index (χ4n) is 0.419. The molecule has 1 rings (SSSR count). The van der Waals surface area contributed by atoms with E-state index in [9.17, 15) is 4.39 Å². The van der Waals surface area contributed by atoms with E-state index in [2.05, 4.69) is 9.97 Å². The average Bonchev–Trinajstić information content (AvgIpc) is 2.14.